The molecule has 3 N–H and O–H groups in total. The molecule has 130 valence electrons. The third-order valence-electron chi connectivity index (χ3n) is 2.77. The second-order valence-electron chi connectivity index (χ2n) is 6.39. The Morgan fingerprint density at radius 3 is 2.58 bits per heavy atom. The molecule has 1 atom stereocenters. The number of rotatable bonds is 6. The SMILES string of the molecule is C[C@H](CC#N)Sc1ccccc1NCC(=O)NC(=O)NC(C)(C)C. The predicted molar refractivity (Wildman–Crippen MR) is 96.9 cm³/mol. The van der Waals surface area contributed by atoms with E-state index in [1.807, 2.05) is 52.0 Å². The number of carbonyl (C=O) groups excluding carboxylic acids is 2. The molecule has 0 spiro atoms. The number of para-hydroxylation sites is 1. The lowest BCUT2D eigenvalue weighted by atomic mass is 10.1. The molecule has 1 aromatic rings. The quantitative estimate of drug-likeness (QED) is 0.687. The van der Waals surface area contributed by atoms with Gasteiger partial charge in [-0.05, 0) is 32.9 Å². The van der Waals surface area contributed by atoms with E-state index in [4.69, 9.17) is 5.26 Å². The van der Waals surface area contributed by atoms with Crippen molar-refractivity contribution in [3.63, 3.8) is 0 Å². The molecular formula is C17H24N4O2S. The van der Waals surface area contributed by atoms with Crippen molar-refractivity contribution in [1.29, 1.82) is 5.26 Å². The molecule has 0 aliphatic heterocycles. The zero-order valence-corrected chi connectivity index (χ0v) is 15.3. The Kier molecular flexibility index (Phi) is 7.59. The van der Waals surface area contributed by atoms with E-state index in [0.717, 1.165) is 10.6 Å². The van der Waals surface area contributed by atoms with Crippen LogP contribution in [0.25, 0.3) is 0 Å². The summed E-state index contributed by atoms with van der Waals surface area (Å²) in [6, 6.07) is 9.21. The van der Waals surface area contributed by atoms with Gasteiger partial charge in [0, 0.05) is 27.8 Å². The number of nitrogens with one attached hydrogen (secondary N) is 3. The average molecular weight is 348 g/mol. The molecule has 24 heavy (non-hydrogen) atoms. The molecule has 0 bridgehead atoms. The fraction of sp³-hybridized carbons (Fsp3) is 0.471. The van der Waals surface area contributed by atoms with E-state index in [2.05, 4.69) is 22.0 Å². The summed E-state index contributed by atoms with van der Waals surface area (Å²) in [5, 5.41) is 16.9. The zero-order valence-electron chi connectivity index (χ0n) is 14.5. The van der Waals surface area contributed by atoms with Crippen molar-refractivity contribution in [2.75, 3.05) is 11.9 Å². The van der Waals surface area contributed by atoms with E-state index in [1.165, 1.54) is 0 Å². The largest absolute Gasteiger partial charge is 0.375 e. The minimum Gasteiger partial charge on any atom is -0.375 e. The van der Waals surface area contributed by atoms with Crippen LogP contribution in [0.3, 0.4) is 0 Å². The van der Waals surface area contributed by atoms with Gasteiger partial charge < -0.3 is 10.6 Å². The molecule has 0 radical (unpaired) electrons. The summed E-state index contributed by atoms with van der Waals surface area (Å²) in [6.07, 6.45) is 0.451. The molecule has 7 heteroatoms. The van der Waals surface area contributed by atoms with Crippen molar-refractivity contribution in [2.45, 2.75) is 49.8 Å². The monoisotopic (exact) mass is 348 g/mol. The van der Waals surface area contributed by atoms with Crippen LogP contribution in [0.1, 0.15) is 34.1 Å². The highest BCUT2D eigenvalue weighted by Crippen LogP contribution is 2.31. The third kappa shape index (κ3) is 7.88. The van der Waals surface area contributed by atoms with Gasteiger partial charge in [0.1, 0.15) is 0 Å². The molecule has 3 amide bonds. The third-order valence-corrected chi connectivity index (χ3v) is 3.95. The van der Waals surface area contributed by atoms with Gasteiger partial charge in [0.15, 0.2) is 0 Å². The van der Waals surface area contributed by atoms with Crippen LogP contribution in [0, 0.1) is 11.3 Å². The van der Waals surface area contributed by atoms with Gasteiger partial charge in [0.05, 0.1) is 12.6 Å². The number of imide groups is 1. The second-order valence-corrected chi connectivity index (χ2v) is 7.87. The van der Waals surface area contributed by atoms with Gasteiger partial charge in [0.25, 0.3) is 0 Å². The second kappa shape index (κ2) is 9.18. The lowest BCUT2D eigenvalue weighted by molar-refractivity contribution is -0.118. The summed E-state index contributed by atoms with van der Waals surface area (Å²) in [5.41, 5.74) is 0.399. The lowest BCUT2D eigenvalue weighted by Crippen LogP contribution is -2.49. The Balaban J connectivity index is 2.57. The van der Waals surface area contributed by atoms with Crippen molar-refractivity contribution in [1.82, 2.24) is 10.6 Å². The summed E-state index contributed by atoms with van der Waals surface area (Å²) in [7, 11) is 0. The van der Waals surface area contributed by atoms with Crippen LogP contribution in [-0.4, -0.2) is 29.3 Å². The lowest BCUT2D eigenvalue weighted by Gasteiger charge is -2.20. The first-order valence-corrected chi connectivity index (χ1v) is 8.57. The first-order valence-electron chi connectivity index (χ1n) is 7.70. The fourth-order valence-corrected chi connectivity index (χ4v) is 2.84. The summed E-state index contributed by atoms with van der Waals surface area (Å²) in [6.45, 7) is 7.48. The Labute approximate surface area is 147 Å². The predicted octanol–water partition coefficient (Wildman–Crippen LogP) is 3.12. The summed E-state index contributed by atoms with van der Waals surface area (Å²) in [4.78, 5) is 24.5. The van der Waals surface area contributed by atoms with Crippen molar-refractivity contribution in [3.8, 4) is 6.07 Å². The first-order chi connectivity index (χ1) is 11.2. The Hall–Kier alpha value is -2.20. The maximum absolute atomic E-state index is 11.9. The topological polar surface area (TPSA) is 94.0 Å². The van der Waals surface area contributed by atoms with Gasteiger partial charge in [0.2, 0.25) is 5.91 Å². The van der Waals surface area contributed by atoms with Crippen LogP contribution in [0.4, 0.5) is 10.5 Å². The fourth-order valence-electron chi connectivity index (χ4n) is 1.82. The standard InChI is InChI=1S/C17H24N4O2S/c1-12(9-10-18)24-14-8-6-5-7-13(14)19-11-15(22)20-16(23)21-17(2,3)4/h5-8,12,19H,9,11H2,1-4H3,(H2,20,21,22,23)/t12-/m1/s1. The van der Waals surface area contributed by atoms with E-state index in [9.17, 15) is 9.59 Å². The van der Waals surface area contributed by atoms with Gasteiger partial charge in [-0.1, -0.05) is 19.1 Å². The van der Waals surface area contributed by atoms with Crippen molar-refractivity contribution < 1.29 is 9.59 Å². The van der Waals surface area contributed by atoms with Gasteiger partial charge in [-0.15, -0.1) is 11.8 Å². The molecule has 0 aliphatic rings. The molecule has 0 unspecified atom stereocenters. The van der Waals surface area contributed by atoms with Crippen LogP contribution in [0.2, 0.25) is 0 Å². The molecular weight excluding hydrogens is 324 g/mol. The van der Waals surface area contributed by atoms with E-state index < -0.39 is 17.5 Å². The number of benzene rings is 1. The first kappa shape index (κ1) is 19.8. The zero-order chi connectivity index (χ0) is 18.2. The average Bonchev–Trinajstić information content (AvgIpc) is 2.44. The van der Waals surface area contributed by atoms with Crippen molar-refractivity contribution in [3.05, 3.63) is 24.3 Å². The maximum atomic E-state index is 11.9. The van der Waals surface area contributed by atoms with E-state index >= 15 is 0 Å². The highest BCUT2D eigenvalue weighted by atomic mass is 32.2. The Morgan fingerprint density at radius 1 is 1.29 bits per heavy atom. The summed E-state index contributed by atoms with van der Waals surface area (Å²) in [5.74, 6) is -0.415. The van der Waals surface area contributed by atoms with Gasteiger partial charge in [-0.2, -0.15) is 5.26 Å². The van der Waals surface area contributed by atoms with E-state index in [1.54, 1.807) is 11.8 Å². The molecule has 0 fully saturated rings. The van der Waals surface area contributed by atoms with Gasteiger partial charge in [-0.3, -0.25) is 10.1 Å². The molecule has 0 aliphatic carbocycles. The number of anilines is 1. The van der Waals surface area contributed by atoms with Gasteiger partial charge >= 0.3 is 6.03 Å². The molecule has 1 rings (SSSR count). The van der Waals surface area contributed by atoms with Crippen LogP contribution in [0.15, 0.2) is 29.2 Å². The number of hydrogen-bond acceptors (Lipinski definition) is 5. The maximum Gasteiger partial charge on any atom is 0.321 e. The summed E-state index contributed by atoms with van der Waals surface area (Å²) < 4.78 is 0. The van der Waals surface area contributed by atoms with Crippen LogP contribution < -0.4 is 16.0 Å². The molecule has 1 aromatic carbocycles. The van der Waals surface area contributed by atoms with Crippen molar-refractivity contribution >= 4 is 29.4 Å². The van der Waals surface area contributed by atoms with Crippen molar-refractivity contribution in [2.24, 2.45) is 0 Å². The molecule has 0 heterocycles. The highest BCUT2D eigenvalue weighted by molar-refractivity contribution is 8.00. The van der Waals surface area contributed by atoms with Crippen LogP contribution in [-0.2, 0) is 4.79 Å². The van der Waals surface area contributed by atoms with Crippen LogP contribution in [0.5, 0.6) is 0 Å². The number of carbonyl (C=O) groups is 2. The number of nitrogens with zero attached hydrogens (tertiary/aromatic N) is 1. The highest BCUT2D eigenvalue weighted by Gasteiger charge is 2.16. The van der Waals surface area contributed by atoms with Gasteiger partial charge in [-0.25, -0.2) is 4.79 Å². The van der Waals surface area contributed by atoms with Crippen LogP contribution >= 0.6 is 11.8 Å². The molecule has 0 aromatic heterocycles. The minimum absolute atomic E-state index is 0.0121. The Bertz CT molecular complexity index is 620. The normalized spacial score (nSPS) is 12.0. The smallest absolute Gasteiger partial charge is 0.321 e. The number of hydrogen-bond donors (Lipinski definition) is 3. The minimum atomic E-state index is -0.514. The van der Waals surface area contributed by atoms with E-state index in [-0.39, 0.29) is 11.8 Å². The number of urea groups is 1. The molecule has 0 saturated heterocycles. The molecule has 6 nitrogen and oxygen atoms in total. The molecule has 0 saturated carbocycles. The Morgan fingerprint density at radius 2 is 1.96 bits per heavy atom. The summed E-state index contributed by atoms with van der Waals surface area (Å²) >= 11 is 1.57. The van der Waals surface area contributed by atoms with E-state index in [0.29, 0.717) is 6.42 Å². The number of thioether (sulfide) groups is 1. The number of nitriles is 1. The number of amides is 3.